The first-order chi connectivity index (χ1) is 7.72. The lowest BCUT2D eigenvalue weighted by Crippen LogP contribution is -2.05. The molecule has 0 fully saturated rings. The van der Waals surface area contributed by atoms with Crippen molar-refractivity contribution < 1.29 is 13.5 Å². The standard InChI is InChI=1S/C12H13F2NO/c1-15-9-3-2-4-10-5-7-11(8-6-10)16-12(13)14/h5-8,12,15H,3,9H2,1H3. The Morgan fingerprint density at radius 2 is 2.00 bits per heavy atom. The molecule has 2 nitrogen and oxygen atoms in total. The van der Waals surface area contributed by atoms with Gasteiger partial charge in [0.15, 0.2) is 0 Å². The number of nitrogens with one attached hydrogen (secondary N) is 1. The van der Waals surface area contributed by atoms with E-state index in [-0.39, 0.29) is 5.75 Å². The second-order valence-electron chi connectivity index (χ2n) is 3.06. The summed E-state index contributed by atoms with van der Waals surface area (Å²) in [6.45, 7) is -1.95. The van der Waals surface area contributed by atoms with Crippen LogP contribution in [0.4, 0.5) is 8.78 Å². The maximum Gasteiger partial charge on any atom is 0.387 e. The van der Waals surface area contributed by atoms with E-state index in [1.165, 1.54) is 12.1 Å². The molecule has 0 aliphatic heterocycles. The average Bonchev–Trinajstić information content (AvgIpc) is 2.26. The number of halogens is 2. The van der Waals surface area contributed by atoms with Gasteiger partial charge in [0.25, 0.3) is 0 Å². The number of hydrogen-bond donors (Lipinski definition) is 1. The van der Waals surface area contributed by atoms with Gasteiger partial charge in [-0.2, -0.15) is 8.78 Å². The van der Waals surface area contributed by atoms with Crippen LogP contribution >= 0.6 is 0 Å². The Morgan fingerprint density at radius 1 is 1.31 bits per heavy atom. The molecule has 0 amide bonds. The molecule has 0 heterocycles. The van der Waals surface area contributed by atoms with Gasteiger partial charge in [-0.25, -0.2) is 0 Å². The van der Waals surface area contributed by atoms with E-state index in [1.54, 1.807) is 12.1 Å². The van der Waals surface area contributed by atoms with Gasteiger partial charge < -0.3 is 10.1 Å². The lowest BCUT2D eigenvalue weighted by atomic mass is 10.2. The third-order valence-electron chi connectivity index (χ3n) is 1.81. The lowest BCUT2D eigenvalue weighted by Gasteiger charge is -2.02. The van der Waals surface area contributed by atoms with Crippen LogP contribution in [-0.4, -0.2) is 20.2 Å². The van der Waals surface area contributed by atoms with Gasteiger partial charge in [0.05, 0.1) is 0 Å². The highest BCUT2D eigenvalue weighted by atomic mass is 19.3. The Bertz CT molecular complexity index is 365. The Hall–Kier alpha value is -1.60. The summed E-state index contributed by atoms with van der Waals surface area (Å²) in [6, 6.07) is 6.27. The van der Waals surface area contributed by atoms with E-state index in [0.717, 1.165) is 18.5 Å². The van der Waals surface area contributed by atoms with Crippen LogP contribution in [0.5, 0.6) is 5.75 Å². The number of ether oxygens (including phenoxy) is 1. The summed E-state index contributed by atoms with van der Waals surface area (Å²) in [5, 5.41) is 2.98. The van der Waals surface area contributed by atoms with Crippen molar-refractivity contribution in [2.45, 2.75) is 13.0 Å². The van der Waals surface area contributed by atoms with Crippen molar-refractivity contribution in [2.24, 2.45) is 0 Å². The molecule has 1 aromatic carbocycles. The Kier molecular flexibility index (Phi) is 5.30. The SMILES string of the molecule is CNCCC#Cc1ccc(OC(F)F)cc1. The van der Waals surface area contributed by atoms with E-state index < -0.39 is 6.61 Å². The van der Waals surface area contributed by atoms with E-state index in [4.69, 9.17) is 0 Å². The first-order valence-electron chi connectivity index (χ1n) is 4.90. The highest BCUT2D eigenvalue weighted by molar-refractivity contribution is 5.38. The molecule has 0 aliphatic rings. The topological polar surface area (TPSA) is 21.3 Å². The van der Waals surface area contributed by atoms with E-state index in [9.17, 15) is 8.78 Å². The van der Waals surface area contributed by atoms with Crippen LogP contribution in [0.25, 0.3) is 0 Å². The van der Waals surface area contributed by atoms with Gasteiger partial charge in [-0.15, -0.1) is 0 Å². The first-order valence-corrected chi connectivity index (χ1v) is 4.90. The third-order valence-corrected chi connectivity index (χ3v) is 1.81. The molecule has 4 heteroatoms. The number of hydrogen-bond acceptors (Lipinski definition) is 2. The van der Waals surface area contributed by atoms with Gasteiger partial charge in [0.2, 0.25) is 0 Å². The maximum absolute atomic E-state index is 11.9. The van der Waals surface area contributed by atoms with E-state index in [1.807, 2.05) is 7.05 Å². The van der Waals surface area contributed by atoms with Gasteiger partial charge in [-0.3, -0.25) is 0 Å². The number of benzene rings is 1. The molecule has 0 radical (unpaired) electrons. The van der Waals surface area contributed by atoms with Crippen molar-refractivity contribution in [3.8, 4) is 17.6 Å². The molecular formula is C12H13F2NO. The third kappa shape index (κ3) is 4.76. The quantitative estimate of drug-likeness (QED) is 0.627. The molecule has 0 saturated heterocycles. The highest BCUT2D eigenvalue weighted by Crippen LogP contribution is 2.14. The Morgan fingerprint density at radius 3 is 2.56 bits per heavy atom. The van der Waals surface area contributed by atoms with Crippen LogP contribution in [-0.2, 0) is 0 Å². The fraction of sp³-hybridized carbons (Fsp3) is 0.333. The van der Waals surface area contributed by atoms with Crippen molar-refractivity contribution in [1.82, 2.24) is 5.32 Å². The second kappa shape index (κ2) is 6.81. The van der Waals surface area contributed by atoms with Crippen molar-refractivity contribution in [3.05, 3.63) is 29.8 Å². The van der Waals surface area contributed by atoms with Crippen LogP contribution in [0, 0.1) is 11.8 Å². The summed E-state index contributed by atoms with van der Waals surface area (Å²) in [6.07, 6.45) is 0.756. The van der Waals surface area contributed by atoms with Gasteiger partial charge in [-0.05, 0) is 31.3 Å². The zero-order valence-electron chi connectivity index (χ0n) is 8.97. The highest BCUT2D eigenvalue weighted by Gasteiger charge is 2.02. The minimum absolute atomic E-state index is 0.149. The first kappa shape index (κ1) is 12.5. The monoisotopic (exact) mass is 225 g/mol. The second-order valence-corrected chi connectivity index (χ2v) is 3.06. The van der Waals surface area contributed by atoms with Crippen molar-refractivity contribution in [3.63, 3.8) is 0 Å². The van der Waals surface area contributed by atoms with Crippen LogP contribution in [0.2, 0.25) is 0 Å². The summed E-state index contributed by atoms with van der Waals surface area (Å²) in [7, 11) is 1.86. The molecule has 0 atom stereocenters. The normalized spacial score (nSPS) is 9.75. The fourth-order valence-corrected chi connectivity index (χ4v) is 1.07. The molecule has 0 unspecified atom stereocenters. The summed E-state index contributed by atoms with van der Waals surface area (Å²) in [4.78, 5) is 0. The van der Waals surface area contributed by atoms with Crippen LogP contribution in [0.15, 0.2) is 24.3 Å². The number of rotatable bonds is 4. The molecular weight excluding hydrogens is 212 g/mol. The van der Waals surface area contributed by atoms with Gasteiger partial charge in [0, 0.05) is 18.5 Å². The molecule has 0 saturated carbocycles. The lowest BCUT2D eigenvalue weighted by molar-refractivity contribution is -0.0498. The minimum atomic E-state index is -2.78. The van der Waals surface area contributed by atoms with Crippen molar-refractivity contribution in [1.29, 1.82) is 0 Å². The smallest absolute Gasteiger partial charge is 0.387 e. The predicted molar refractivity (Wildman–Crippen MR) is 58.5 cm³/mol. The molecule has 0 bridgehead atoms. The summed E-state index contributed by atoms with van der Waals surface area (Å²) in [5.41, 5.74) is 0.790. The minimum Gasteiger partial charge on any atom is -0.435 e. The van der Waals surface area contributed by atoms with E-state index in [2.05, 4.69) is 21.9 Å². The Balaban J connectivity index is 2.53. The molecule has 0 spiro atoms. The Labute approximate surface area is 93.6 Å². The van der Waals surface area contributed by atoms with Gasteiger partial charge >= 0.3 is 6.61 Å². The zero-order chi connectivity index (χ0) is 11.8. The molecule has 86 valence electrons. The molecule has 1 N–H and O–H groups in total. The predicted octanol–water partition coefficient (Wildman–Crippen LogP) is 2.25. The van der Waals surface area contributed by atoms with Crippen LogP contribution in [0.1, 0.15) is 12.0 Å². The molecule has 1 rings (SSSR count). The van der Waals surface area contributed by atoms with E-state index >= 15 is 0 Å². The maximum atomic E-state index is 11.9. The van der Waals surface area contributed by atoms with Crippen molar-refractivity contribution >= 4 is 0 Å². The molecule has 1 aromatic rings. The fourth-order valence-electron chi connectivity index (χ4n) is 1.07. The molecule has 0 aromatic heterocycles. The van der Waals surface area contributed by atoms with Crippen LogP contribution in [0.3, 0.4) is 0 Å². The molecule has 0 aliphatic carbocycles. The van der Waals surface area contributed by atoms with Gasteiger partial charge in [0.1, 0.15) is 5.75 Å². The summed E-state index contributed by atoms with van der Waals surface area (Å²) >= 11 is 0. The van der Waals surface area contributed by atoms with E-state index in [0.29, 0.717) is 0 Å². The van der Waals surface area contributed by atoms with Gasteiger partial charge in [-0.1, -0.05) is 11.8 Å². The average molecular weight is 225 g/mol. The zero-order valence-corrected chi connectivity index (χ0v) is 8.97. The largest absolute Gasteiger partial charge is 0.435 e. The van der Waals surface area contributed by atoms with Crippen molar-refractivity contribution in [2.75, 3.05) is 13.6 Å². The molecule has 16 heavy (non-hydrogen) atoms. The summed E-state index contributed by atoms with van der Waals surface area (Å²) < 4.78 is 27.9. The number of alkyl halides is 2. The van der Waals surface area contributed by atoms with Crippen LogP contribution < -0.4 is 10.1 Å². The summed E-state index contributed by atoms with van der Waals surface area (Å²) in [5.74, 6) is 6.04.